The van der Waals surface area contributed by atoms with E-state index in [9.17, 15) is 13.6 Å². The molecular weight excluding hydrogens is 278 g/mol. The minimum absolute atomic E-state index is 0.123. The fourth-order valence-electron chi connectivity index (χ4n) is 1.79. The van der Waals surface area contributed by atoms with E-state index in [2.05, 4.69) is 0 Å². The molecule has 2 rings (SSSR count). The van der Waals surface area contributed by atoms with Crippen LogP contribution < -0.4 is 16.0 Å². The van der Waals surface area contributed by atoms with Gasteiger partial charge in [0.15, 0.2) is 0 Å². The van der Waals surface area contributed by atoms with Crippen molar-refractivity contribution in [1.29, 1.82) is 0 Å². The molecule has 2 aromatic carbocycles. The van der Waals surface area contributed by atoms with Crippen LogP contribution in [-0.4, -0.2) is 5.91 Å². The Balaban J connectivity index is 2.19. The number of hydrazine groups is 1. The Morgan fingerprint density at radius 1 is 1.24 bits per heavy atom. The lowest BCUT2D eigenvalue weighted by Gasteiger charge is -2.11. The number of carbonyl (C=O) groups is 1. The summed E-state index contributed by atoms with van der Waals surface area (Å²) in [5, 5.41) is 0. The van der Waals surface area contributed by atoms with Crippen molar-refractivity contribution in [3.63, 3.8) is 0 Å². The zero-order valence-corrected chi connectivity index (χ0v) is 11.3. The molecule has 0 aliphatic heterocycles. The Morgan fingerprint density at radius 2 is 2.00 bits per heavy atom. The SMILES string of the molecule is Cc1ccc(F)cc1OCc1cc(C(=O)NN)ccc1F. The van der Waals surface area contributed by atoms with Gasteiger partial charge in [0.2, 0.25) is 0 Å². The highest BCUT2D eigenvalue weighted by atomic mass is 19.1. The normalized spacial score (nSPS) is 10.3. The van der Waals surface area contributed by atoms with Gasteiger partial charge in [0, 0.05) is 17.2 Å². The van der Waals surface area contributed by atoms with Gasteiger partial charge in [0.1, 0.15) is 24.0 Å². The number of benzene rings is 2. The van der Waals surface area contributed by atoms with Crippen molar-refractivity contribution >= 4 is 5.91 Å². The minimum Gasteiger partial charge on any atom is -0.488 e. The highest BCUT2D eigenvalue weighted by Gasteiger charge is 2.10. The van der Waals surface area contributed by atoms with E-state index in [4.69, 9.17) is 10.6 Å². The Hall–Kier alpha value is -2.47. The van der Waals surface area contributed by atoms with E-state index in [1.165, 1.54) is 24.3 Å². The lowest BCUT2D eigenvalue weighted by molar-refractivity contribution is 0.0953. The summed E-state index contributed by atoms with van der Waals surface area (Å²) in [6, 6.07) is 7.92. The molecule has 0 bridgehead atoms. The molecule has 0 aromatic heterocycles. The second-order valence-corrected chi connectivity index (χ2v) is 4.48. The van der Waals surface area contributed by atoms with Crippen molar-refractivity contribution in [2.45, 2.75) is 13.5 Å². The summed E-state index contributed by atoms with van der Waals surface area (Å²) in [5.74, 6) is 3.87. The van der Waals surface area contributed by atoms with Gasteiger partial charge in [-0.3, -0.25) is 10.2 Å². The van der Waals surface area contributed by atoms with Gasteiger partial charge in [-0.25, -0.2) is 14.6 Å². The molecule has 0 saturated heterocycles. The molecule has 0 saturated carbocycles. The van der Waals surface area contributed by atoms with Gasteiger partial charge in [0.25, 0.3) is 5.91 Å². The molecule has 0 atom stereocenters. The molecule has 3 N–H and O–H groups in total. The van der Waals surface area contributed by atoms with Gasteiger partial charge in [-0.15, -0.1) is 0 Å². The Morgan fingerprint density at radius 3 is 2.71 bits per heavy atom. The van der Waals surface area contributed by atoms with Gasteiger partial charge in [-0.05, 0) is 36.8 Å². The van der Waals surface area contributed by atoms with E-state index in [0.717, 1.165) is 11.6 Å². The summed E-state index contributed by atoms with van der Waals surface area (Å²) in [4.78, 5) is 11.4. The molecule has 110 valence electrons. The zero-order chi connectivity index (χ0) is 15.4. The Kier molecular flexibility index (Phi) is 4.49. The highest BCUT2D eigenvalue weighted by molar-refractivity contribution is 5.93. The first-order valence-corrected chi connectivity index (χ1v) is 6.19. The maximum absolute atomic E-state index is 13.7. The first-order valence-electron chi connectivity index (χ1n) is 6.19. The van der Waals surface area contributed by atoms with Crippen LogP contribution in [0.2, 0.25) is 0 Å². The van der Waals surface area contributed by atoms with Crippen LogP contribution in [0.5, 0.6) is 5.75 Å². The number of aryl methyl sites for hydroxylation is 1. The number of hydrogen-bond acceptors (Lipinski definition) is 3. The fraction of sp³-hybridized carbons (Fsp3) is 0.133. The molecule has 2 aromatic rings. The summed E-state index contributed by atoms with van der Waals surface area (Å²) < 4.78 is 32.3. The molecule has 0 radical (unpaired) electrons. The maximum atomic E-state index is 13.7. The van der Waals surface area contributed by atoms with Crippen LogP contribution in [0.4, 0.5) is 8.78 Å². The molecule has 0 fully saturated rings. The average molecular weight is 292 g/mol. The number of hydrogen-bond donors (Lipinski definition) is 2. The maximum Gasteiger partial charge on any atom is 0.265 e. The van der Waals surface area contributed by atoms with Crippen LogP contribution >= 0.6 is 0 Å². The molecule has 21 heavy (non-hydrogen) atoms. The van der Waals surface area contributed by atoms with Crippen LogP contribution in [0.1, 0.15) is 21.5 Å². The van der Waals surface area contributed by atoms with Gasteiger partial charge < -0.3 is 4.74 Å². The standard InChI is InChI=1S/C15H14F2N2O2/c1-9-2-4-12(16)7-14(9)21-8-11-6-10(15(20)19-18)3-5-13(11)17/h2-7H,8,18H2,1H3,(H,19,20). The predicted octanol–water partition coefficient (Wildman–Crippen LogP) is 2.46. The number of nitrogen functional groups attached to an aromatic ring is 1. The largest absolute Gasteiger partial charge is 0.488 e. The van der Waals surface area contributed by atoms with Gasteiger partial charge in [0.05, 0.1) is 0 Å². The Labute approximate surface area is 120 Å². The van der Waals surface area contributed by atoms with Crippen molar-refractivity contribution in [3.05, 3.63) is 64.7 Å². The predicted molar refractivity (Wildman–Crippen MR) is 73.5 cm³/mol. The molecule has 0 spiro atoms. The van der Waals surface area contributed by atoms with E-state index in [0.29, 0.717) is 5.75 Å². The van der Waals surface area contributed by atoms with Crippen molar-refractivity contribution in [1.82, 2.24) is 5.43 Å². The van der Waals surface area contributed by atoms with Crippen LogP contribution in [0.25, 0.3) is 0 Å². The summed E-state index contributed by atoms with van der Waals surface area (Å²) in [5.41, 5.74) is 3.09. The van der Waals surface area contributed by atoms with Gasteiger partial charge in [-0.1, -0.05) is 6.07 Å². The molecule has 4 nitrogen and oxygen atoms in total. The first-order chi connectivity index (χ1) is 10.0. The molecule has 0 heterocycles. The van der Waals surface area contributed by atoms with Crippen LogP contribution in [-0.2, 0) is 6.61 Å². The van der Waals surface area contributed by atoms with Gasteiger partial charge in [-0.2, -0.15) is 0 Å². The van der Waals surface area contributed by atoms with E-state index < -0.39 is 17.5 Å². The average Bonchev–Trinajstić information content (AvgIpc) is 2.48. The number of nitrogens with two attached hydrogens (primary N) is 1. The number of nitrogens with one attached hydrogen (secondary N) is 1. The second-order valence-electron chi connectivity index (χ2n) is 4.48. The third-order valence-electron chi connectivity index (χ3n) is 2.97. The second kappa shape index (κ2) is 6.32. The van der Waals surface area contributed by atoms with Crippen molar-refractivity contribution in [2.24, 2.45) is 5.84 Å². The van der Waals surface area contributed by atoms with Crippen LogP contribution in [0, 0.1) is 18.6 Å². The van der Waals surface area contributed by atoms with E-state index in [1.807, 2.05) is 5.43 Å². The fourth-order valence-corrected chi connectivity index (χ4v) is 1.79. The Bertz CT molecular complexity index is 675. The number of halogens is 2. The number of amides is 1. The quantitative estimate of drug-likeness (QED) is 0.517. The summed E-state index contributed by atoms with van der Waals surface area (Å²) in [7, 11) is 0. The first kappa shape index (κ1) is 14.9. The minimum atomic E-state index is -0.529. The molecule has 0 unspecified atom stereocenters. The number of carbonyl (C=O) groups excluding carboxylic acids is 1. The van der Waals surface area contributed by atoms with Crippen LogP contribution in [0.3, 0.4) is 0 Å². The van der Waals surface area contributed by atoms with Crippen molar-refractivity contribution in [3.8, 4) is 5.75 Å². The molecule has 0 aliphatic carbocycles. The third-order valence-corrected chi connectivity index (χ3v) is 2.97. The smallest absolute Gasteiger partial charge is 0.265 e. The lowest BCUT2D eigenvalue weighted by Crippen LogP contribution is -2.30. The number of rotatable bonds is 4. The van der Waals surface area contributed by atoms with Gasteiger partial charge >= 0.3 is 0 Å². The van der Waals surface area contributed by atoms with E-state index in [-0.39, 0.29) is 17.7 Å². The van der Waals surface area contributed by atoms with Crippen molar-refractivity contribution in [2.75, 3.05) is 0 Å². The third kappa shape index (κ3) is 3.55. The molecule has 0 aliphatic rings. The lowest BCUT2D eigenvalue weighted by atomic mass is 10.1. The van der Waals surface area contributed by atoms with E-state index >= 15 is 0 Å². The summed E-state index contributed by atoms with van der Waals surface area (Å²) >= 11 is 0. The van der Waals surface area contributed by atoms with Crippen molar-refractivity contribution < 1.29 is 18.3 Å². The molecule has 6 heteroatoms. The molecule has 1 amide bonds. The van der Waals surface area contributed by atoms with E-state index in [1.54, 1.807) is 13.0 Å². The molecular formula is C15H14F2N2O2. The monoisotopic (exact) mass is 292 g/mol. The number of ether oxygens (including phenoxy) is 1. The zero-order valence-electron chi connectivity index (χ0n) is 11.3. The topological polar surface area (TPSA) is 64.3 Å². The highest BCUT2D eigenvalue weighted by Crippen LogP contribution is 2.21. The van der Waals surface area contributed by atoms with Crippen LogP contribution in [0.15, 0.2) is 36.4 Å². The summed E-state index contributed by atoms with van der Waals surface area (Å²) in [6.45, 7) is 1.63. The summed E-state index contributed by atoms with van der Waals surface area (Å²) in [6.07, 6.45) is 0.